The quantitative estimate of drug-likeness (QED) is 0.568. The normalized spacial score (nSPS) is 13.7. The molecule has 1 aromatic carbocycles. The van der Waals surface area contributed by atoms with Crippen LogP contribution < -0.4 is 19.1 Å². The van der Waals surface area contributed by atoms with Crippen molar-refractivity contribution >= 4 is 33.3 Å². The summed E-state index contributed by atoms with van der Waals surface area (Å²) in [6, 6.07) is 5.33. The van der Waals surface area contributed by atoms with E-state index in [1.807, 2.05) is 13.0 Å². The highest BCUT2D eigenvalue weighted by Crippen LogP contribution is 2.39. The minimum absolute atomic E-state index is 0.195. The number of rotatable bonds is 6. The number of carbonyl (C=O) groups excluding carboxylic acids is 1. The predicted octanol–water partition coefficient (Wildman–Crippen LogP) is 3.86. The molecule has 1 aliphatic heterocycles. The van der Waals surface area contributed by atoms with Gasteiger partial charge in [-0.3, -0.25) is 4.79 Å². The molecule has 29 heavy (non-hydrogen) atoms. The van der Waals surface area contributed by atoms with Gasteiger partial charge in [-0.15, -0.1) is 11.3 Å². The number of ketones is 1. The first kappa shape index (κ1) is 19.4. The van der Waals surface area contributed by atoms with Gasteiger partial charge < -0.3 is 19.1 Å². The van der Waals surface area contributed by atoms with Crippen LogP contribution in [0.5, 0.6) is 17.2 Å². The molecular formula is C21H23N3O4S. The molecule has 152 valence electrons. The molecule has 1 aliphatic rings. The Balaban J connectivity index is 1.86. The number of benzene rings is 1. The average molecular weight is 413 g/mol. The highest BCUT2D eigenvalue weighted by Gasteiger charge is 2.24. The van der Waals surface area contributed by atoms with Crippen molar-refractivity contribution in [2.75, 3.05) is 39.3 Å². The van der Waals surface area contributed by atoms with Crippen molar-refractivity contribution < 1.29 is 19.0 Å². The molecule has 0 N–H and O–H groups in total. The van der Waals surface area contributed by atoms with E-state index in [9.17, 15) is 4.79 Å². The molecule has 0 amide bonds. The number of nitrogens with zero attached hydrogens (tertiary/aromatic N) is 3. The molecule has 1 saturated heterocycles. The highest BCUT2D eigenvalue weighted by molar-refractivity contribution is 7.19. The van der Waals surface area contributed by atoms with Crippen LogP contribution in [0.4, 0.5) is 5.95 Å². The zero-order valence-corrected chi connectivity index (χ0v) is 17.8. The van der Waals surface area contributed by atoms with Gasteiger partial charge in [0.25, 0.3) is 0 Å². The summed E-state index contributed by atoms with van der Waals surface area (Å²) in [6.45, 7) is 3.83. The maximum Gasteiger partial charge on any atom is 0.226 e. The fourth-order valence-corrected chi connectivity index (χ4v) is 4.54. The van der Waals surface area contributed by atoms with E-state index >= 15 is 0 Å². The third-order valence-corrected chi connectivity index (χ3v) is 6.06. The van der Waals surface area contributed by atoms with Crippen molar-refractivity contribution in [1.29, 1.82) is 0 Å². The van der Waals surface area contributed by atoms with Gasteiger partial charge in [0.15, 0.2) is 11.5 Å². The topological polar surface area (TPSA) is 73.8 Å². The molecule has 8 heteroatoms. The second kappa shape index (κ2) is 7.87. The smallest absolute Gasteiger partial charge is 0.226 e. The van der Waals surface area contributed by atoms with Crippen LogP contribution >= 0.6 is 11.3 Å². The minimum atomic E-state index is -0.195. The predicted molar refractivity (Wildman–Crippen MR) is 113 cm³/mol. The highest BCUT2D eigenvalue weighted by atomic mass is 32.1. The van der Waals surface area contributed by atoms with E-state index < -0.39 is 0 Å². The molecule has 7 nitrogen and oxygen atoms in total. The van der Waals surface area contributed by atoms with Gasteiger partial charge >= 0.3 is 0 Å². The number of fused-ring (bicyclic) bond motifs is 1. The van der Waals surface area contributed by atoms with Gasteiger partial charge in [0.1, 0.15) is 5.69 Å². The number of carbonyl (C=O) groups is 1. The third-order valence-electron chi connectivity index (χ3n) is 5.01. The number of hydrogen-bond acceptors (Lipinski definition) is 8. The Labute approximate surface area is 173 Å². The van der Waals surface area contributed by atoms with E-state index in [-0.39, 0.29) is 5.78 Å². The van der Waals surface area contributed by atoms with E-state index in [0.717, 1.165) is 41.0 Å². The largest absolute Gasteiger partial charge is 0.493 e. The lowest BCUT2D eigenvalue weighted by molar-refractivity contribution is 0.103. The van der Waals surface area contributed by atoms with Gasteiger partial charge in [0, 0.05) is 23.5 Å². The lowest BCUT2D eigenvalue weighted by Crippen LogP contribution is -2.21. The van der Waals surface area contributed by atoms with Crippen LogP contribution in [-0.2, 0) is 0 Å². The zero-order valence-electron chi connectivity index (χ0n) is 16.9. The monoisotopic (exact) mass is 413 g/mol. The van der Waals surface area contributed by atoms with Crippen molar-refractivity contribution in [3.8, 4) is 17.2 Å². The molecule has 4 rings (SSSR count). The first-order chi connectivity index (χ1) is 14.0. The van der Waals surface area contributed by atoms with E-state index in [2.05, 4.69) is 9.88 Å². The summed E-state index contributed by atoms with van der Waals surface area (Å²) in [7, 11) is 4.59. The summed E-state index contributed by atoms with van der Waals surface area (Å²) in [4.78, 5) is 26.1. The molecule has 0 spiro atoms. The maximum absolute atomic E-state index is 13.5. The summed E-state index contributed by atoms with van der Waals surface area (Å²) in [5, 5.41) is 0. The first-order valence-electron chi connectivity index (χ1n) is 9.43. The maximum atomic E-state index is 13.5. The van der Waals surface area contributed by atoms with E-state index in [1.54, 1.807) is 12.1 Å². The number of methoxy groups -OCH3 is 3. The van der Waals surface area contributed by atoms with Crippen LogP contribution in [0.2, 0.25) is 0 Å². The van der Waals surface area contributed by atoms with Crippen LogP contribution in [0, 0.1) is 6.92 Å². The van der Waals surface area contributed by atoms with Crippen molar-refractivity contribution in [2.24, 2.45) is 0 Å². The van der Waals surface area contributed by atoms with E-state index in [1.165, 1.54) is 32.7 Å². The number of anilines is 1. The summed E-state index contributed by atoms with van der Waals surface area (Å²) >= 11 is 1.53. The Bertz CT molecular complexity index is 1050. The van der Waals surface area contributed by atoms with Crippen molar-refractivity contribution in [2.45, 2.75) is 19.8 Å². The molecule has 0 aliphatic carbocycles. The summed E-state index contributed by atoms with van der Waals surface area (Å²) < 4.78 is 17.0. The molecule has 3 aromatic rings. The number of aromatic nitrogens is 2. The number of thiophene rings is 1. The summed E-state index contributed by atoms with van der Waals surface area (Å²) in [6.07, 6.45) is 2.22. The van der Waals surface area contributed by atoms with Gasteiger partial charge in [-0.25, -0.2) is 9.97 Å². The molecule has 0 unspecified atom stereocenters. The Morgan fingerprint density at radius 3 is 2.24 bits per heavy atom. The van der Waals surface area contributed by atoms with Gasteiger partial charge in [-0.1, -0.05) is 0 Å². The molecule has 0 saturated carbocycles. The molecule has 0 radical (unpaired) electrons. The SMILES string of the molecule is COc1cc(C(=O)c2nc(N3CCCC3)nc3cc(C)sc23)cc(OC)c1OC. The molecular weight excluding hydrogens is 390 g/mol. The van der Waals surface area contributed by atoms with Gasteiger partial charge in [-0.2, -0.15) is 0 Å². The van der Waals surface area contributed by atoms with E-state index in [0.29, 0.717) is 34.5 Å². The van der Waals surface area contributed by atoms with Crippen molar-refractivity contribution in [1.82, 2.24) is 9.97 Å². The van der Waals surface area contributed by atoms with E-state index in [4.69, 9.17) is 19.2 Å². The Hall–Kier alpha value is -2.87. The molecule has 1 fully saturated rings. The van der Waals surface area contributed by atoms with Crippen LogP contribution in [-0.4, -0.2) is 50.2 Å². The molecule has 0 atom stereocenters. The second-order valence-corrected chi connectivity index (χ2v) is 8.14. The Morgan fingerprint density at radius 2 is 1.66 bits per heavy atom. The standard InChI is InChI=1S/C21H23N3O4S/c1-12-9-14-20(29-12)17(23-21(22-14)24-7-5-6-8-24)18(25)13-10-15(26-2)19(28-4)16(11-13)27-3/h9-11H,5-8H2,1-4H3. The van der Waals surface area contributed by atoms with Crippen LogP contribution in [0.15, 0.2) is 18.2 Å². The van der Waals surface area contributed by atoms with Crippen LogP contribution in [0.1, 0.15) is 33.8 Å². The lowest BCUT2D eigenvalue weighted by Gasteiger charge is -2.16. The second-order valence-electron chi connectivity index (χ2n) is 6.88. The fraction of sp³-hybridized carbons (Fsp3) is 0.381. The zero-order chi connectivity index (χ0) is 20.5. The van der Waals surface area contributed by atoms with Gasteiger partial charge in [0.2, 0.25) is 17.5 Å². The summed E-state index contributed by atoms with van der Waals surface area (Å²) in [5.74, 6) is 1.73. The van der Waals surface area contributed by atoms with Crippen LogP contribution in [0.3, 0.4) is 0 Å². The Kier molecular flexibility index (Phi) is 5.27. The first-order valence-corrected chi connectivity index (χ1v) is 10.2. The third kappa shape index (κ3) is 3.48. The lowest BCUT2D eigenvalue weighted by atomic mass is 10.1. The fourth-order valence-electron chi connectivity index (χ4n) is 3.60. The summed E-state index contributed by atoms with van der Waals surface area (Å²) in [5.41, 5.74) is 1.64. The average Bonchev–Trinajstić information content (AvgIpc) is 3.40. The minimum Gasteiger partial charge on any atom is -0.493 e. The number of ether oxygens (including phenoxy) is 3. The molecule has 0 bridgehead atoms. The molecule has 3 heterocycles. The van der Waals surface area contributed by atoms with Crippen LogP contribution in [0.25, 0.3) is 10.2 Å². The van der Waals surface area contributed by atoms with Gasteiger partial charge in [-0.05, 0) is 38.0 Å². The number of aryl methyl sites for hydroxylation is 1. The van der Waals surface area contributed by atoms with Crippen molar-refractivity contribution in [3.05, 3.63) is 34.3 Å². The molecule has 2 aromatic heterocycles. The Morgan fingerprint density at radius 1 is 1.00 bits per heavy atom. The number of hydrogen-bond donors (Lipinski definition) is 0. The van der Waals surface area contributed by atoms with Crippen molar-refractivity contribution in [3.63, 3.8) is 0 Å². The van der Waals surface area contributed by atoms with Gasteiger partial charge in [0.05, 0.1) is 31.5 Å².